The van der Waals surface area contributed by atoms with Gasteiger partial charge in [-0.3, -0.25) is 9.59 Å². The van der Waals surface area contributed by atoms with Gasteiger partial charge in [-0.1, -0.05) is 268 Å². The molecule has 0 saturated carbocycles. The Labute approximate surface area is 436 Å². The Morgan fingerprint density at radius 2 is 0.757 bits per heavy atom. The first kappa shape index (κ1) is 67.8. The highest BCUT2D eigenvalue weighted by atomic mass is 16.5. The monoisotopic (exact) mass is 982 g/mol. The lowest BCUT2D eigenvalue weighted by Crippen LogP contribution is -2.45. The summed E-state index contributed by atoms with van der Waals surface area (Å²) in [6.45, 7) is 4.90. The summed E-state index contributed by atoms with van der Waals surface area (Å²) in [6.07, 6.45) is 75.4. The van der Waals surface area contributed by atoms with Crippen molar-refractivity contribution in [3.8, 4) is 0 Å². The molecule has 0 aromatic heterocycles. The number of esters is 1. The second-order valence-electron chi connectivity index (χ2n) is 21.1. The van der Waals surface area contributed by atoms with Crippen molar-refractivity contribution in [2.24, 2.45) is 0 Å². The molecule has 6 heteroatoms. The number of rotatable bonds is 57. The third-order valence-corrected chi connectivity index (χ3v) is 14.1. The van der Waals surface area contributed by atoms with Crippen LogP contribution in [0.5, 0.6) is 0 Å². The van der Waals surface area contributed by atoms with Gasteiger partial charge in [0, 0.05) is 12.8 Å². The number of hydrogen-bond donors (Lipinski definition) is 3. The second kappa shape index (κ2) is 59.4. The van der Waals surface area contributed by atoms with Crippen molar-refractivity contribution in [3.63, 3.8) is 0 Å². The molecule has 0 radical (unpaired) electrons. The van der Waals surface area contributed by atoms with Crippen LogP contribution in [0, 0.1) is 0 Å². The predicted molar refractivity (Wildman–Crippen MR) is 306 cm³/mol. The number of carbonyl (C=O) groups is 2. The number of unbranched alkanes of at least 4 members (excludes halogenated alkanes) is 39. The topological polar surface area (TPSA) is 95.9 Å². The fourth-order valence-electron chi connectivity index (χ4n) is 9.37. The summed E-state index contributed by atoms with van der Waals surface area (Å²) in [5.41, 5.74) is 0. The number of aliphatic hydroxyl groups excluding tert-OH is 2. The zero-order valence-corrected chi connectivity index (χ0v) is 46.7. The van der Waals surface area contributed by atoms with E-state index in [9.17, 15) is 19.8 Å². The maximum Gasteiger partial charge on any atom is 0.305 e. The SMILES string of the molecule is CCCCCC/C=C\C/C=C\CCCCCCCC(=O)OCCCCC/C=C\C=C/CCCCCCCCCCCCC(=O)NC(CO)C(O)CCCCCCCCCCCCCCCCCCCC. The van der Waals surface area contributed by atoms with E-state index in [1.807, 2.05) is 0 Å². The number of hydrogen-bond acceptors (Lipinski definition) is 5. The van der Waals surface area contributed by atoms with Crippen molar-refractivity contribution >= 4 is 11.9 Å². The average Bonchev–Trinajstić information content (AvgIpc) is 3.36. The lowest BCUT2D eigenvalue weighted by Gasteiger charge is -2.22. The van der Waals surface area contributed by atoms with Gasteiger partial charge in [0.1, 0.15) is 0 Å². The number of amides is 1. The molecule has 0 aliphatic rings. The van der Waals surface area contributed by atoms with E-state index in [0.717, 1.165) is 77.0 Å². The fraction of sp³-hybridized carbons (Fsp3) is 0.844. The van der Waals surface area contributed by atoms with E-state index < -0.39 is 12.1 Å². The molecule has 0 aromatic carbocycles. The summed E-state index contributed by atoms with van der Waals surface area (Å²) >= 11 is 0. The maximum atomic E-state index is 12.5. The van der Waals surface area contributed by atoms with Crippen molar-refractivity contribution in [1.29, 1.82) is 0 Å². The van der Waals surface area contributed by atoms with Crippen molar-refractivity contribution in [2.45, 2.75) is 334 Å². The first-order chi connectivity index (χ1) is 34.5. The lowest BCUT2D eigenvalue weighted by molar-refractivity contribution is -0.143. The Morgan fingerprint density at radius 3 is 1.19 bits per heavy atom. The Morgan fingerprint density at radius 1 is 0.414 bits per heavy atom. The zero-order chi connectivity index (χ0) is 50.7. The van der Waals surface area contributed by atoms with Gasteiger partial charge in [0.15, 0.2) is 0 Å². The van der Waals surface area contributed by atoms with Gasteiger partial charge >= 0.3 is 5.97 Å². The van der Waals surface area contributed by atoms with Gasteiger partial charge in [-0.05, 0) is 89.9 Å². The van der Waals surface area contributed by atoms with Crippen molar-refractivity contribution in [1.82, 2.24) is 5.32 Å². The summed E-state index contributed by atoms with van der Waals surface area (Å²) in [6, 6.07) is -0.551. The van der Waals surface area contributed by atoms with Crippen LogP contribution in [0.25, 0.3) is 0 Å². The Kier molecular flexibility index (Phi) is 57.5. The van der Waals surface area contributed by atoms with Gasteiger partial charge in [-0.25, -0.2) is 0 Å². The van der Waals surface area contributed by atoms with Gasteiger partial charge in [0.2, 0.25) is 5.91 Å². The Balaban J connectivity index is 3.49. The lowest BCUT2D eigenvalue weighted by atomic mass is 10.0. The molecule has 70 heavy (non-hydrogen) atoms. The molecule has 0 fully saturated rings. The number of nitrogens with one attached hydrogen (secondary N) is 1. The van der Waals surface area contributed by atoms with E-state index in [2.05, 4.69) is 67.8 Å². The zero-order valence-electron chi connectivity index (χ0n) is 46.7. The van der Waals surface area contributed by atoms with Crippen LogP contribution in [0.1, 0.15) is 322 Å². The van der Waals surface area contributed by atoms with Gasteiger partial charge in [0.05, 0.1) is 25.4 Å². The number of aliphatic hydroxyl groups is 2. The molecule has 0 aliphatic heterocycles. The molecule has 0 rings (SSSR count). The normalized spacial score (nSPS) is 12.9. The fourth-order valence-corrected chi connectivity index (χ4v) is 9.37. The number of allylic oxidation sites excluding steroid dienone is 8. The first-order valence-corrected chi connectivity index (χ1v) is 30.9. The quantitative estimate of drug-likeness (QED) is 0.0244. The van der Waals surface area contributed by atoms with Crippen LogP contribution in [0.15, 0.2) is 48.6 Å². The molecule has 0 saturated heterocycles. The van der Waals surface area contributed by atoms with E-state index in [-0.39, 0.29) is 18.5 Å². The molecule has 1 amide bonds. The molecule has 3 N–H and O–H groups in total. The van der Waals surface area contributed by atoms with Crippen LogP contribution >= 0.6 is 0 Å². The molecule has 2 unspecified atom stereocenters. The van der Waals surface area contributed by atoms with E-state index in [4.69, 9.17) is 4.74 Å². The third kappa shape index (κ3) is 55.1. The van der Waals surface area contributed by atoms with Crippen molar-refractivity contribution in [3.05, 3.63) is 48.6 Å². The minimum atomic E-state index is -0.673. The highest BCUT2D eigenvalue weighted by molar-refractivity contribution is 5.76. The molecule has 2 atom stereocenters. The van der Waals surface area contributed by atoms with Crippen LogP contribution < -0.4 is 5.32 Å². The molecule has 0 bridgehead atoms. The highest BCUT2D eigenvalue weighted by Gasteiger charge is 2.20. The molecule has 0 aromatic rings. The van der Waals surface area contributed by atoms with Crippen LogP contribution in [0.4, 0.5) is 0 Å². The molecule has 0 aliphatic carbocycles. The van der Waals surface area contributed by atoms with Gasteiger partial charge in [-0.15, -0.1) is 0 Å². The summed E-state index contributed by atoms with van der Waals surface area (Å²) in [4.78, 5) is 24.6. The standard InChI is InChI=1S/C64H119NO5/c1-3-5-7-9-11-13-15-17-19-21-25-28-32-36-40-44-48-52-56-62(67)61(60-66)65-63(68)57-53-49-45-41-37-33-29-26-23-22-24-27-31-35-39-43-47-51-55-59-70-64(69)58-54-50-46-42-38-34-30-20-18-16-14-12-10-8-6-4-2/h14,16,20,27,30-31,35,39,61-62,66-67H,3-13,15,17-19,21-26,28-29,32-34,36-38,40-60H2,1-2H3,(H,65,68)/b16-14-,30-20-,31-27-,39-35-. The van der Waals surface area contributed by atoms with E-state index >= 15 is 0 Å². The molecular weight excluding hydrogens is 863 g/mol. The minimum Gasteiger partial charge on any atom is -0.466 e. The Hall–Kier alpha value is -2.18. The summed E-state index contributed by atoms with van der Waals surface area (Å²) < 4.78 is 5.45. The van der Waals surface area contributed by atoms with Crippen molar-refractivity contribution in [2.75, 3.05) is 13.2 Å². The summed E-state index contributed by atoms with van der Waals surface area (Å²) in [7, 11) is 0. The molecule has 0 spiro atoms. The molecular formula is C64H119NO5. The van der Waals surface area contributed by atoms with Crippen LogP contribution in [-0.4, -0.2) is 47.4 Å². The first-order valence-electron chi connectivity index (χ1n) is 30.9. The van der Waals surface area contributed by atoms with E-state index in [1.165, 1.54) is 212 Å². The Bertz CT molecular complexity index is 1180. The van der Waals surface area contributed by atoms with E-state index in [1.54, 1.807) is 0 Å². The summed E-state index contributed by atoms with van der Waals surface area (Å²) in [5, 5.41) is 23.3. The van der Waals surface area contributed by atoms with Crippen LogP contribution in [0.2, 0.25) is 0 Å². The molecule has 0 heterocycles. The smallest absolute Gasteiger partial charge is 0.305 e. The maximum absolute atomic E-state index is 12.5. The van der Waals surface area contributed by atoms with Crippen LogP contribution in [0.3, 0.4) is 0 Å². The molecule has 410 valence electrons. The van der Waals surface area contributed by atoms with Crippen molar-refractivity contribution < 1.29 is 24.5 Å². The molecule has 6 nitrogen and oxygen atoms in total. The minimum absolute atomic E-state index is 0.0268. The van der Waals surface area contributed by atoms with Gasteiger partial charge in [-0.2, -0.15) is 0 Å². The third-order valence-electron chi connectivity index (χ3n) is 14.1. The van der Waals surface area contributed by atoms with Gasteiger partial charge in [0.25, 0.3) is 0 Å². The number of carbonyl (C=O) groups excluding carboxylic acids is 2. The van der Waals surface area contributed by atoms with E-state index in [0.29, 0.717) is 25.9 Å². The second-order valence-corrected chi connectivity index (χ2v) is 21.1. The average molecular weight is 983 g/mol. The van der Waals surface area contributed by atoms with Crippen LogP contribution in [-0.2, 0) is 14.3 Å². The van der Waals surface area contributed by atoms with Gasteiger partial charge < -0.3 is 20.3 Å². The number of ether oxygens (including phenoxy) is 1. The largest absolute Gasteiger partial charge is 0.466 e. The summed E-state index contributed by atoms with van der Waals surface area (Å²) in [5.74, 6) is -0.0705. The predicted octanol–water partition coefficient (Wildman–Crippen LogP) is 19.4. The highest BCUT2D eigenvalue weighted by Crippen LogP contribution is 2.17.